The molecule has 0 spiro atoms. The summed E-state index contributed by atoms with van der Waals surface area (Å²) in [6.07, 6.45) is 3.64. The quantitative estimate of drug-likeness (QED) is 0.612. The van der Waals surface area contributed by atoms with E-state index in [9.17, 15) is 4.79 Å². The molecule has 1 amide bonds. The van der Waals surface area contributed by atoms with Crippen LogP contribution in [0.5, 0.6) is 11.8 Å². The zero-order chi connectivity index (χ0) is 11.8. The Balaban J connectivity index is 0.000000221. The number of ether oxygens (including phenoxy) is 1. The van der Waals surface area contributed by atoms with Crippen molar-refractivity contribution in [1.29, 1.82) is 0 Å². The Kier molecular flexibility index (Phi) is 5.07. The number of H-pyrrole nitrogens is 2. The van der Waals surface area contributed by atoms with Gasteiger partial charge in [-0.05, 0) is 12.1 Å². The minimum atomic E-state index is -0.381. The Morgan fingerprint density at radius 3 is 1.94 bits per heavy atom. The topological polar surface area (TPSA) is 83.9 Å². The SMILES string of the molecule is NC(=O)CS.c1c[nH]c(Oc2ccc[nH]2)c1. The maximum atomic E-state index is 9.51. The van der Waals surface area contributed by atoms with Crippen molar-refractivity contribution in [2.45, 2.75) is 0 Å². The van der Waals surface area contributed by atoms with E-state index in [1.165, 1.54) is 0 Å². The number of carbonyl (C=O) groups excluding carboxylic acids is 1. The van der Waals surface area contributed by atoms with Gasteiger partial charge in [-0.2, -0.15) is 12.6 Å². The molecule has 0 saturated carbocycles. The van der Waals surface area contributed by atoms with E-state index >= 15 is 0 Å². The summed E-state index contributed by atoms with van der Waals surface area (Å²) in [4.78, 5) is 15.4. The number of hydrogen-bond acceptors (Lipinski definition) is 3. The monoisotopic (exact) mass is 239 g/mol. The second-order valence-electron chi connectivity index (χ2n) is 2.80. The number of nitrogens with two attached hydrogens (primary N) is 1. The van der Waals surface area contributed by atoms with Gasteiger partial charge in [0.1, 0.15) is 0 Å². The Morgan fingerprint density at radius 2 is 1.69 bits per heavy atom. The van der Waals surface area contributed by atoms with Crippen molar-refractivity contribution in [1.82, 2.24) is 9.97 Å². The highest BCUT2D eigenvalue weighted by molar-refractivity contribution is 7.81. The fourth-order valence-electron chi connectivity index (χ4n) is 0.873. The third-order valence-electron chi connectivity index (χ3n) is 1.51. The predicted molar refractivity (Wildman–Crippen MR) is 64.7 cm³/mol. The lowest BCUT2D eigenvalue weighted by Crippen LogP contribution is -2.10. The fraction of sp³-hybridized carbons (Fsp3) is 0.100. The van der Waals surface area contributed by atoms with Gasteiger partial charge in [0.25, 0.3) is 0 Å². The van der Waals surface area contributed by atoms with E-state index < -0.39 is 0 Å². The average Bonchev–Trinajstić information content (AvgIpc) is 2.92. The number of hydrogen-bond donors (Lipinski definition) is 4. The second kappa shape index (κ2) is 6.62. The van der Waals surface area contributed by atoms with Crippen LogP contribution >= 0.6 is 12.6 Å². The van der Waals surface area contributed by atoms with Crippen molar-refractivity contribution in [3.05, 3.63) is 36.7 Å². The average molecular weight is 239 g/mol. The van der Waals surface area contributed by atoms with Crippen LogP contribution in [0.25, 0.3) is 0 Å². The fourth-order valence-corrected chi connectivity index (χ4v) is 0.873. The molecule has 5 nitrogen and oxygen atoms in total. The molecular weight excluding hydrogens is 226 g/mol. The van der Waals surface area contributed by atoms with Gasteiger partial charge < -0.3 is 20.4 Å². The highest BCUT2D eigenvalue weighted by atomic mass is 32.1. The first-order valence-corrected chi connectivity index (χ1v) is 5.19. The first-order valence-electron chi connectivity index (χ1n) is 4.56. The Bertz CT molecular complexity index is 365. The summed E-state index contributed by atoms with van der Waals surface area (Å²) >= 11 is 3.54. The molecule has 0 atom stereocenters. The summed E-state index contributed by atoms with van der Waals surface area (Å²) in [6, 6.07) is 7.50. The summed E-state index contributed by atoms with van der Waals surface area (Å²) in [5.74, 6) is 1.24. The van der Waals surface area contributed by atoms with Gasteiger partial charge in [-0.3, -0.25) is 4.79 Å². The highest BCUT2D eigenvalue weighted by Gasteiger charge is 1.94. The molecule has 16 heavy (non-hydrogen) atoms. The van der Waals surface area contributed by atoms with E-state index in [4.69, 9.17) is 4.74 Å². The molecule has 86 valence electrons. The number of thiol groups is 1. The van der Waals surface area contributed by atoms with Crippen molar-refractivity contribution in [3.63, 3.8) is 0 Å². The molecule has 4 N–H and O–H groups in total. The van der Waals surface area contributed by atoms with Crippen LogP contribution < -0.4 is 10.5 Å². The largest absolute Gasteiger partial charge is 0.425 e. The predicted octanol–water partition coefficient (Wildman–Crippen LogP) is 1.54. The van der Waals surface area contributed by atoms with Crippen LogP contribution in [-0.4, -0.2) is 21.6 Å². The van der Waals surface area contributed by atoms with Gasteiger partial charge in [0.05, 0.1) is 5.75 Å². The van der Waals surface area contributed by atoms with Crippen LogP contribution in [0, 0.1) is 0 Å². The zero-order valence-electron chi connectivity index (χ0n) is 8.51. The van der Waals surface area contributed by atoms with Gasteiger partial charge in [-0.1, -0.05) is 0 Å². The van der Waals surface area contributed by atoms with Crippen LogP contribution in [0.2, 0.25) is 0 Å². The third kappa shape index (κ3) is 4.61. The number of carbonyl (C=O) groups is 1. The van der Waals surface area contributed by atoms with Crippen LogP contribution in [0.1, 0.15) is 0 Å². The van der Waals surface area contributed by atoms with E-state index in [0.29, 0.717) is 0 Å². The standard InChI is InChI=1S/C8H8N2O.C2H5NOS/c1-3-7(9-5-1)11-8-4-2-6-10-8;3-2(4)1-5/h1-6,9-10H;5H,1H2,(H2,3,4). The van der Waals surface area contributed by atoms with Crippen LogP contribution in [0.15, 0.2) is 36.7 Å². The number of nitrogens with one attached hydrogen (secondary N) is 2. The number of amides is 1. The van der Waals surface area contributed by atoms with Gasteiger partial charge in [0.15, 0.2) is 11.8 Å². The molecule has 0 unspecified atom stereocenters. The molecule has 0 saturated heterocycles. The summed E-state index contributed by atoms with van der Waals surface area (Å²) in [5, 5.41) is 0. The molecule has 0 aliphatic rings. The summed E-state index contributed by atoms with van der Waals surface area (Å²) in [5.41, 5.74) is 4.58. The molecule has 0 aliphatic carbocycles. The smallest absolute Gasteiger partial charge is 0.227 e. The van der Waals surface area contributed by atoms with Crippen molar-refractivity contribution in [3.8, 4) is 11.8 Å². The number of primary amides is 1. The number of aromatic nitrogens is 2. The van der Waals surface area contributed by atoms with Crippen LogP contribution in [0.3, 0.4) is 0 Å². The van der Waals surface area contributed by atoms with E-state index in [1.807, 2.05) is 36.7 Å². The first-order chi connectivity index (χ1) is 7.72. The Morgan fingerprint density at radius 1 is 1.25 bits per heavy atom. The maximum Gasteiger partial charge on any atom is 0.227 e. The molecule has 2 heterocycles. The lowest BCUT2D eigenvalue weighted by molar-refractivity contribution is -0.115. The van der Waals surface area contributed by atoms with Gasteiger partial charge in [0, 0.05) is 24.5 Å². The second-order valence-corrected chi connectivity index (χ2v) is 3.11. The molecule has 0 fully saturated rings. The van der Waals surface area contributed by atoms with Crippen molar-refractivity contribution < 1.29 is 9.53 Å². The van der Waals surface area contributed by atoms with E-state index in [2.05, 4.69) is 28.3 Å². The minimum absolute atomic E-state index is 0.139. The first kappa shape index (κ1) is 12.3. The maximum absolute atomic E-state index is 9.51. The van der Waals surface area contributed by atoms with Crippen molar-refractivity contribution >= 4 is 18.5 Å². The van der Waals surface area contributed by atoms with Gasteiger partial charge >= 0.3 is 0 Å². The van der Waals surface area contributed by atoms with E-state index in [-0.39, 0.29) is 11.7 Å². The lowest BCUT2D eigenvalue weighted by Gasteiger charge is -1.96. The molecule has 0 aromatic carbocycles. The van der Waals surface area contributed by atoms with Crippen LogP contribution in [0.4, 0.5) is 0 Å². The van der Waals surface area contributed by atoms with Crippen molar-refractivity contribution in [2.24, 2.45) is 5.73 Å². The molecule has 2 aromatic rings. The number of rotatable bonds is 3. The molecule has 0 aliphatic heterocycles. The molecule has 2 rings (SSSR count). The molecule has 0 bridgehead atoms. The number of aromatic amines is 2. The van der Waals surface area contributed by atoms with Crippen molar-refractivity contribution in [2.75, 3.05) is 5.75 Å². The molecular formula is C10H13N3O2S. The minimum Gasteiger partial charge on any atom is -0.425 e. The molecule has 6 heteroatoms. The summed E-state index contributed by atoms with van der Waals surface area (Å²) in [6.45, 7) is 0. The van der Waals surface area contributed by atoms with Gasteiger partial charge in [-0.25, -0.2) is 0 Å². The van der Waals surface area contributed by atoms with E-state index in [1.54, 1.807) is 0 Å². The summed E-state index contributed by atoms with van der Waals surface area (Å²) in [7, 11) is 0. The molecule has 0 radical (unpaired) electrons. The summed E-state index contributed by atoms with van der Waals surface area (Å²) < 4.78 is 5.35. The van der Waals surface area contributed by atoms with Gasteiger partial charge in [-0.15, -0.1) is 0 Å². The zero-order valence-corrected chi connectivity index (χ0v) is 9.41. The normalized spacial score (nSPS) is 9.06. The highest BCUT2D eigenvalue weighted by Crippen LogP contribution is 2.15. The van der Waals surface area contributed by atoms with Crippen LogP contribution in [-0.2, 0) is 4.79 Å². The molecule has 2 aromatic heterocycles. The Hall–Kier alpha value is -1.82. The van der Waals surface area contributed by atoms with Gasteiger partial charge in [0.2, 0.25) is 5.91 Å². The third-order valence-corrected chi connectivity index (χ3v) is 1.83. The lowest BCUT2D eigenvalue weighted by atomic mass is 10.6. The van der Waals surface area contributed by atoms with E-state index in [0.717, 1.165) is 11.8 Å². The Labute approximate surface area is 98.4 Å².